The highest BCUT2D eigenvalue weighted by molar-refractivity contribution is 8.15. The lowest BCUT2D eigenvalue weighted by Gasteiger charge is -2.15. The normalized spacial score (nSPS) is 17.9. The number of thioether (sulfide) groups is 1. The number of hydrogen-bond donors (Lipinski definition) is 2. The topological polar surface area (TPSA) is 82.0 Å². The van der Waals surface area contributed by atoms with Crippen LogP contribution in [-0.2, 0) is 9.59 Å². The summed E-state index contributed by atoms with van der Waals surface area (Å²) < 4.78 is 13.7. The highest BCUT2D eigenvalue weighted by atomic mass is 32.2. The van der Waals surface area contributed by atoms with Crippen LogP contribution in [0.4, 0.5) is 15.8 Å². The van der Waals surface area contributed by atoms with Crippen LogP contribution in [-0.4, -0.2) is 45.4 Å². The Bertz CT molecular complexity index is 876. The molecule has 8 heteroatoms. The molecule has 1 heterocycles. The van der Waals surface area contributed by atoms with Crippen LogP contribution in [0.1, 0.15) is 12.8 Å². The number of aliphatic hydroxyl groups excluding tert-OH is 1. The van der Waals surface area contributed by atoms with E-state index < -0.39 is 17.0 Å². The molecule has 6 nitrogen and oxygen atoms in total. The van der Waals surface area contributed by atoms with E-state index in [1.807, 2.05) is 30.3 Å². The highest BCUT2D eigenvalue weighted by Crippen LogP contribution is 2.32. The lowest BCUT2D eigenvalue weighted by molar-refractivity contribution is -0.128. The van der Waals surface area contributed by atoms with Gasteiger partial charge in [-0.15, -0.1) is 0 Å². The van der Waals surface area contributed by atoms with Crippen molar-refractivity contribution in [2.45, 2.75) is 18.1 Å². The fraction of sp³-hybridized carbons (Fsp3) is 0.250. The molecule has 146 valence electrons. The molecule has 2 aromatic carbocycles. The van der Waals surface area contributed by atoms with E-state index >= 15 is 0 Å². The van der Waals surface area contributed by atoms with E-state index in [1.54, 1.807) is 6.07 Å². The van der Waals surface area contributed by atoms with Crippen LogP contribution in [0.15, 0.2) is 59.6 Å². The fourth-order valence-electron chi connectivity index (χ4n) is 2.70. The molecule has 2 amide bonds. The molecule has 0 aromatic heterocycles. The number of aliphatic hydroxyl groups is 1. The smallest absolute Gasteiger partial charge is 0.242 e. The second kappa shape index (κ2) is 9.48. The molecule has 1 aliphatic rings. The molecule has 0 radical (unpaired) electrons. The van der Waals surface area contributed by atoms with Crippen LogP contribution >= 0.6 is 11.8 Å². The lowest BCUT2D eigenvalue weighted by atomic mass is 10.2. The standard InChI is InChI=1S/C20H20FN3O3S/c21-15-9-4-5-10-16(15)23-18(26)13-17-19(27)24(11-6-12-25)20(28-17)22-14-7-2-1-3-8-14/h1-5,7-10,17,25H,6,11-13H2,(H,23,26). The van der Waals surface area contributed by atoms with Gasteiger partial charge in [-0.25, -0.2) is 9.38 Å². The average molecular weight is 401 g/mol. The molecule has 0 saturated carbocycles. The molecule has 2 N–H and O–H groups in total. The number of benzene rings is 2. The Hall–Kier alpha value is -2.71. The molecule has 1 saturated heterocycles. The summed E-state index contributed by atoms with van der Waals surface area (Å²) in [6.45, 7) is 0.269. The molecule has 3 rings (SSSR count). The summed E-state index contributed by atoms with van der Waals surface area (Å²) in [6, 6.07) is 15.1. The monoisotopic (exact) mass is 401 g/mol. The van der Waals surface area contributed by atoms with Crippen molar-refractivity contribution in [2.75, 3.05) is 18.5 Å². The minimum atomic E-state index is -0.645. The number of nitrogens with zero attached hydrogens (tertiary/aromatic N) is 2. The Morgan fingerprint density at radius 2 is 1.89 bits per heavy atom. The zero-order valence-electron chi connectivity index (χ0n) is 15.0. The van der Waals surface area contributed by atoms with Gasteiger partial charge in [0.15, 0.2) is 5.17 Å². The maximum Gasteiger partial charge on any atom is 0.242 e. The first-order valence-electron chi connectivity index (χ1n) is 8.85. The van der Waals surface area contributed by atoms with Gasteiger partial charge in [-0.1, -0.05) is 42.1 Å². The number of para-hydroxylation sites is 2. The van der Waals surface area contributed by atoms with Crippen molar-refractivity contribution < 1.29 is 19.1 Å². The largest absolute Gasteiger partial charge is 0.396 e. The predicted octanol–water partition coefficient (Wildman–Crippen LogP) is 3.17. The first-order valence-corrected chi connectivity index (χ1v) is 9.73. The summed E-state index contributed by atoms with van der Waals surface area (Å²) in [5, 5.41) is 11.5. The second-order valence-electron chi connectivity index (χ2n) is 6.14. The predicted molar refractivity (Wildman–Crippen MR) is 108 cm³/mol. The number of carbonyl (C=O) groups excluding carboxylic acids is 2. The van der Waals surface area contributed by atoms with Gasteiger partial charge in [-0.05, 0) is 30.7 Å². The number of nitrogens with one attached hydrogen (secondary N) is 1. The Kier molecular flexibility index (Phi) is 6.78. The fourth-order valence-corrected chi connectivity index (χ4v) is 3.89. The van der Waals surface area contributed by atoms with Crippen molar-refractivity contribution in [3.8, 4) is 0 Å². The average Bonchev–Trinajstić information content (AvgIpc) is 2.97. The van der Waals surface area contributed by atoms with E-state index in [1.165, 1.54) is 34.9 Å². The third-order valence-electron chi connectivity index (χ3n) is 4.06. The van der Waals surface area contributed by atoms with Crippen molar-refractivity contribution in [2.24, 2.45) is 4.99 Å². The number of carbonyl (C=O) groups is 2. The van der Waals surface area contributed by atoms with E-state index in [4.69, 9.17) is 5.11 Å². The summed E-state index contributed by atoms with van der Waals surface area (Å²) in [5.74, 6) is -1.21. The van der Waals surface area contributed by atoms with E-state index in [-0.39, 0.29) is 24.6 Å². The Labute approximate surface area is 166 Å². The van der Waals surface area contributed by atoms with E-state index in [0.717, 1.165) is 0 Å². The SMILES string of the molecule is O=C(CC1SC(=Nc2ccccc2)N(CCCO)C1=O)Nc1ccccc1F. The van der Waals surface area contributed by atoms with Crippen molar-refractivity contribution in [3.63, 3.8) is 0 Å². The molecular weight excluding hydrogens is 381 g/mol. The summed E-state index contributed by atoms with van der Waals surface area (Å²) in [5.41, 5.74) is 0.779. The van der Waals surface area contributed by atoms with Gasteiger partial charge in [-0.3, -0.25) is 14.5 Å². The lowest BCUT2D eigenvalue weighted by Crippen LogP contribution is -2.34. The maximum absolute atomic E-state index is 13.7. The molecule has 2 aromatic rings. The molecular formula is C20H20FN3O3S. The number of amides is 2. The first kappa shape index (κ1) is 20.0. The zero-order chi connectivity index (χ0) is 19.9. The van der Waals surface area contributed by atoms with Crippen LogP contribution < -0.4 is 5.32 Å². The van der Waals surface area contributed by atoms with Gasteiger partial charge < -0.3 is 10.4 Å². The van der Waals surface area contributed by atoms with Gasteiger partial charge in [0.1, 0.15) is 11.1 Å². The number of rotatable bonds is 7. The van der Waals surface area contributed by atoms with Crippen LogP contribution in [0.5, 0.6) is 0 Å². The van der Waals surface area contributed by atoms with E-state index in [9.17, 15) is 14.0 Å². The van der Waals surface area contributed by atoms with Gasteiger partial charge in [0.2, 0.25) is 11.8 Å². The number of hydrogen-bond acceptors (Lipinski definition) is 5. The number of halogens is 1. The second-order valence-corrected chi connectivity index (χ2v) is 7.31. The van der Waals surface area contributed by atoms with Gasteiger partial charge >= 0.3 is 0 Å². The Balaban J connectivity index is 1.73. The molecule has 1 unspecified atom stereocenters. The van der Waals surface area contributed by atoms with Crippen LogP contribution in [0.3, 0.4) is 0 Å². The van der Waals surface area contributed by atoms with Crippen LogP contribution in [0.25, 0.3) is 0 Å². The molecule has 28 heavy (non-hydrogen) atoms. The van der Waals surface area contributed by atoms with Crippen molar-refractivity contribution >= 4 is 40.1 Å². The van der Waals surface area contributed by atoms with Crippen molar-refractivity contribution in [3.05, 3.63) is 60.4 Å². The summed E-state index contributed by atoms with van der Waals surface area (Å²) in [7, 11) is 0. The van der Waals surface area contributed by atoms with Crippen molar-refractivity contribution in [1.82, 2.24) is 4.90 Å². The minimum absolute atomic E-state index is 0.0501. The quantitative estimate of drug-likeness (QED) is 0.747. The molecule has 0 aliphatic carbocycles. The van der Waals surface area contributed by atoms with Crippen LogP contribution in [0, 0.1) is 5.82 Å². The molecule has 0 bridgehead atoms. The van der Waals surface area contributed by atoms with Gasteiger partial charge in [0.25, 0.3) is 0 Å². The third-order valence-corrected chi connectivity index (χ3v) is 5.23. The number of aliphatic imine (C=N–C) groups is 1. The third kappa shape index (κ3) is 4.96. The highest BCUT2D eigenvalue weighted by Gasteiger charge is 2.38. The Morgan fingerprint density at radius 1 is 1.18 bits per heavy atom. The summed E-state index contributed by atoms with van der Waals surface area (Å²) in [6.07, 6.45) is 0.315. The number of amidine groups is 1. The molecule has 1 fully saturated rings. The maximum atomic E-state index is 13.7. The molecule has 0 spiro atoms. The Morgan fingerprint density at radius 3 is 2.61 bits per heavy atom. The van der Waals surface area contributed by atoms with E-state index in [0.29, 0.717) is 23.8 Å². The minimum Gasteiger partial charge on any atom is -0.396 e. The molecule has 1 atom stereocenters. The summed E-state index contributed by atoms with van der Waals surface area (Å²) in [4.78, 5) is 31.1. The molecule has 1 aliphatic heterocycles. The van der Waals surface area contributed by atoms with Gasteiger partial charge in [0, 0.05) is 19.6 Å². The first-order chi connectivity index (χ1) is 13.6. The van der Waals surface area contributed by atoms with E-state index in [2.05, 4.69) is 10.3 Å². The van der Waals surface area contributed by atoms with Crippen LogP contribution in [0.2, 0.25) is 0 Å². The van der Waals surface area contributed by atoms with Crippen molar-refractivity contribution in [1.29, 1.82) is 0 Å². The zero-order valence-corrected chi connectivity index (χ0v) is 15.9. The van der Waals surface area contributed by atoms with Gasteiger partial charge in [0.05, 0.1) is 11.4 Å². The number of anilines is 1. The van der Waals surface area contributed by atoms with Gasteiger partial charge in [-0.2, -0.15) is 0 Å². The summed E-state index contributed by atoms with van der Waals surface area (Å²) >= 11 is 1.21.